The van der Waals surface area contributed by atoms with Gasteiger partial charge in [-0.15, -0.1) is 0 Å². The van der Waals surface area contributed by atoms with Crippen molar-refractivity contribution in [3.8, 4) is 0 Å². The first kappa shape index (κ1) is 10.9. The van der Waals surface area contributed by atoms with Crippen LogP contribution in [0.4, 0.5) is 0 Å². The van der Waals surface area contributed by atoms with E-state index in [0.29, 0.717) is 11.6 Å². The summed E-state index contributed by atoms with van der Waals surface area (Å²) < 4.78 is 1.52. The largest absolute Gasteiger partial charge is 0.295 e. The minimum atomic E-state index is -0.0772. The van der Waals surface area contributed by atoms with E-state index in [2.05, 4.69) is 4.98 Å². The average Bonchev–Trinajstić information content (AvgIpc) is 2.25. The molecule has 1 aromatic carbocycles. The lowest BCUT2D eigenvalue weighted by Crippen LogP contribution is -2.19. The zero-order chi connectivity index (χ0) is 11.5. The number of aromatic nitrogens is 2. The van der Waals surface area contributed by atoms with E-state index in [-0.39, 0.29) is 5.56 Å². The van der Waals surface area contributed by atoms with Crippen molar-refractivity contribution in [2.45, 2.75) is 13.5 Å². The van der Waals surface area contributed by atoms with Crippen LogP contribution >= 0.6 is 11.6 Å². The Kier molecular flexibility index (Phi) is 3.06. The van der Waals surface area contributed by atoms with Crippen LogP contribution in [0.15, 0.2) is 41.6 Å². The second-order valence-corrected chi connectivity index (χ2v) is 4.05. The lowest BCUT2D eigenvalue weighted by Gasteiger charge is -2.07. The fraction of sp³-hybridized carbons (Fsp3) is 0.167. The summed E-state index contributed by atoms with van der Waals surface area (Å²) in [5.74, 6) is 0. The second kappa shape index (κ2) is 4.49. The van der Waals surface area contributed by atoms with Crippen molar-refractivity contribution in [2.24, 2.45) is 0 Å². The Morgan fingerprint density at radius 3 is 2.88 bits per heavy atom. The molecule has 0 fully saturated rings. The number of benzene rings is 1. The average molecular weight is 235 g/mol. The molecule has 0 aliphatic heterocycles. The zero-order valence-corrected chi connectivity index (χ0v) is 9.61. The predicted molar refractivity (Wildman–Crippen MR) is 63.8 cm³/mol. The molecular weight excluding hydrogens is 224 g/mol. The molecule has 1 heterocycles. The Bertz CT molecular complexity index is 563. The normalized spacial score (nSPS) is 10.4. The van der Waals surface area contributed by atoms with Gasteiger partial charge in [0.2, 0.25) is 0 Å². The summed E-state index contributed by atoms with van der Waals surface area (Å²) in [6.45, 7) is 2.43. The lowest BCUT2D eigenvalue weighted by atomic mass is 10.1. The van der Waals surface area contributed by atoms with Crippen LogP contribution in [0.2, 0.25) is 5.02 Å². The molecule has 4 heteroatoms. The highest BCUT2D eigenvalue weighted by Gasteiger charge is 2.02. The van der Waals surface area contributed by atoms with Crippen molar-refractivity contribution in [1.82, 2.24) is 9.55 Å². The van der Waals surface area contributed by atoms with Crippen LogP contribution in [0.5, 0.6) is 0 Å². The first-order valence-corrected chi connectivity index (χ1v) is 5.30. The highest BCUT2D eigenvalue weighted by Crippen LogP contribution is 2.17. The Balaban J connectivity index is 2.35. The van der Waals surface area contributed by atoms with Crippen molar-refractivity contribution in [3.05, 3.63) is 63.3 Å². The molecule has 82 valence electrons. The molecule has 0 unspecified atom stereocenters. The van der Waals surface area contributed by atoms with Crippen LogP contribution in [-0.4, -0.2) is 9.55 Å². The Labute approximate surface area is 98.3 Å². The molecule has 16 heavy (non-hydrogen) atoms. The van der Waals surface area contributed by atoms with Crippen molar-refractivity contribution in [1.29, 1.82) is 0 Å². The van der Waals surface area contributed by atoms with E-state index in [1.807, 2.05) is 25.1 Å². The molecule has 1 aromatic heterocycles. The van der Waals surface area contributed by atoms with Crippen LogP contribution in [0.3, 0.4) is 0 Å². The molecule has 0 saturated heterocycles. The minimum Gasteiger partial charge on any atom is -0.295 e. The maximum atomic E-state index is 11.5. The Hall–Kier alpha value is -1.61. The smallest absolute Gasteiger partial charge is 0.253 e. The monoisotopic (exact) mass is 234 g/mol. The molecule has 0 N–H and O–H groups in total. The van der Waals surface area contributed by atoms with Gasteiger partial charge >= 0.3 is 0 Å². The van der Waals surface area contributed by atoms with Gasteiger partial charge in [-0.25, -0.2) is 4.98 Å². The van der Waals surface area contributed by atoms with E-state index in [0.717, 1.165) is 11.1 Å². The van der Waals surface area contributed by atoms with Crippen LogP contribution in [0, 0.1) is 6.92 Å². The van der Waals surface area contributed by atoms with Gasteiger partial charge < -0.3 is 0 Å². The standard InChI is InChI=1S/C12H11ClN2O/c1-9-2-3-10(11(13)6-9)7-15-8-14-5-4-12(15)16/h2-6,8H,7H2,1H3. The van der Waals surface area contributed by atoms with Gasteiger partial charge in [-0.3, -0.25) is 9.36 Å². The molecule has 0 radical (unpaired) electrons. The van der Waals surface area contributed by atoms with Gasteiger partial charge in [-0.1, -0.05) is 23.7 Å². The summed E-state index contributed by atoms with van der Waals surface area (Å²) in [6.07, 6.45) is 2.99. The van der Waals surface area contributed by atoms with E-state index in [1.54, 1.807) is 0 Å². The third-order valence-corrected chi connectivity index (χ3v) is 2.69. The first-order chi connectivity index (χ1) is 7.66. The van der Waals surface area contributed by atoms with Crippen molar-refractivity contribution < 1.29 is 0 Å². The highest BCUT2D eigenvalue weighted by molar-refractivity contribution is 6.31. The fourth-order valence-corrected chi connectivity index (χ4v) is 1.76. The third-order valence-electron chi connectivity index (χ3n) is 2.34. The summed E-state index contributed by atoms with van der Waals surface area (Å²) in [6, 6.07) is 7.22. The summed E-state index contributed by atoms with van der Waals surface area (Å²) in [4.78, 5) is 15.4. The summed E-state index contributed by atoms with van der Waals surface area (Å²) in [5, 5.41) is 0.677. The van der Waals surface area contributed by atoms with E-state index in [9.17, 15) is 4.79 Å². The van der Waals surface area contributed by atoms with Crippen LogP contribution in [0.1, 0.15) is 11.1 Å². The Morgan fingerprint density at radius 1 is 1.38 bits per heavy atom. The molecule has 0 atom stereocenters. The number of rotatable bonds is 2. The molecule has 0 amide bonds. The van der Waals surface area contributed by atoms with E-state index >= 15 is 0 Å². The van der Waals surface area contributed by atoms with Gasteiger partial charge in [0.1, 0.15) is 0 Å². The number of nitrogens with zero attached hydrogens (tertiary/aromatic N) is 2. The van der Waals surface area contributed by atoms with Crippen LogP contribution < -0.4 is 5.56 Å². The van der Waals surface area contributed by atoms with Crippen LogP contribution in [-0.2, 0) is 6.54 Å². The molecule has 2 rings (SSSR count). The molecule has 0 aliphatic rings. The predicted octanol–water partition coefficient (Wildman–Crippen LogP) is 2.25. The van der Waals surface area contributed by atoms with Crippen molar-refractivity contribution in [3.63, 3.8) is 0 Å². The second-order valence-electron chi connectivity index (χ2n) is 3.64. The van der Waals surface area contributed by atoms with E-state index < -0.39 is 0 Å². The van der Waals surface area contributed by atoms with Gasteiger partial charge in [0.05, 0.1) is 12.9 Å². The van der Waals surface area contributed by atoms with Gasteiger partial charge in [0, 0.05) is 17.3 Å². The summed E-state index contributed by atoms with van der Waals surface area (Å²) >= 11 is 6.10. The fourth-order valence-electron chi connectivity index (χ4n) is 1.46. The van der Waals surface area contributed by atoms with Gasteiger partial charge in [-0.2, -0.15) is 0 Å². The molecule has 0 saturated carbocycles. The van der Waals surface area contributed by atoms with E-state index in [1.165, 1.54) is 23.2 Å². The van der Waals surface area contributed by atoms with Crippen molar-refractivity contribution >= 4 is 11.6 Å². The summed E-state index contributed by atoms with van der Waals surface area (Å²) in [5.41, 5.74) is 1.95. The topological polar surface area (TPSA) is 34.9 Å². The molecule has 0 aliphatic carbocycles. The van der Waals surface area contributed by atoms with Gasteiger partial charge in [0.25, 0.3) is 5.56 Å². The van der Waals surface area contributed by atoms with Gasteiger partial charge in [-0.05, 0) is 24.1 Å². The molecule has 3 nitrogen and oxygen atoms in total. The van der Waals surface area contributed by atoms with Crippen LogP contribution in [0.25, 0.3) is 0 Å². The van der Waals surface area contributed by atoms with Gasteiger partial charge in [0.15, 0.2) is 0 Å². The molecular formula is C12H11ClN2O. The quantitative estimate of drug-likeness (QED) is 0.799. The first-order valence-electron chi connectivity index (χ1n) is 4.92. The Morgan fingerprint density at radius 2 is 2.19 bits per heavy atom. The number of aryl methyl sites for hydroxylation is 1. The van der Waals surface area contributed by atoms with Crippen molar-refractivity contribution in [2.75, 3.05) is 0 Å². The molecule has 2 aromatic rings. The molecule has 0 bridgehead atoms. The minimum absolute atomic E-state index is 0.0772. The lowest BCUT2D eigenvalue weighted by molar-refractivity contribution is 0.736. The molecule has 0 spiro atoms. The number of halogens is 1. The maximum absolute atomic E-state index is 11.5. The highest BCUT2D eigenvalue weighted by atomic mass is 35.5. The maximum Gasteiger partial charge on any atom is 0.253 e. The van der Waals surface area contributed by atoms with E-state index in [4.69, 9.17) is 11.6 Å². The number of hydrogen-bond acceptors (Lipinski definition) is 2. The number of hydrogen-bond donors (Lipinski definition) is 0. The zero-order valence-electron chi connectivity index (χ0n) is 8.85. The summed E-state index contributed by atoms with van der Waals surface area (Å²) in [7, 11) is 0. The SMILES string of the molecule is Cc1ccc(Cn2cnccc2=O)c(Cl)c1. The third kappa shape index (κ3) is 2.31.